The van der Waals surface area contributed by atoms with Crippen molar-refractivity contribution in [1.82, 2.24) is 10.2 Å². The first-order valence-corrected chi connectivity index (χ1v) is 7.04. The quantitative estimate of drug-likeness (QED) is 0.750. The molecule has 1 amide bonds. The van der Waals surface area contributed by atoms with E-state index < -0.39 is 0 Å². The number of ether oxygens (including phenoxy) is 1. The molecule has 18 heavy (non-hydrogen) atoms. The second kappa shape index (κ2) is 7.07. The van der Waals surface area contributed by atoms with Gasteiger partial charge < -0.3 is 20.1 Å². The lowest BCUT2D eigenvalue weighted by molar-refractivity contribution is -0.135. The zero-order chi connectivity index (χ0) is 12.8. The van der Waals surface area contributed by atoms with E-state index in [9.17, 15) is 9.90 Å². The van der Waals surface area contributed by atoms with E-state index >= 15 is 0 Å². The second-order valence-electron chi connectivity index (χ2n) is 5.16. The van der Waals surface area contributed by atoms with Crippen molar-refractivity contribution in [2.24, 2.45) is 0 Å². The van der Waals surface area contributed by atoms with E-state index in [1.54, 1.807) is 0 Å². The maximum absolute atomic E-state index is 11.9. The van der Waals surface area contributed by atoms with Gasteiger partial charge in [0.2, 0.25) is 5.91 Å². The molecule has 2 fully saturated rings. The zero-order valence-electron chi connectivity index (χ0n) is 10.9. The minimum absolute atomic E-state index is 0.177. The van der Waals surface area contributed by atoms with Crippen molar-refractivity contribution in [3.63, 3.8) is 0 Å². The number of amides is 1. The lowest BCUT2D eigenvalue weighted by Crippen LogP contribution is -2.45. The van der Waals surface area contributed by atoms with Crippen molar-refractivity contribution in [3.05, 3.63) is 0 Å². The van der Waals surface area contributed by atoms with Crippen LogP contribution in [0.1, 0.15) is 32.1 Å². The molecule has 5 heteroatoms. The van der Waals surface area contributed by atoms with Gasteiger partial charge in [0.1, 0.15) is 0 Å². The van der Waals surface area contributed by atoms with Gasteiger partial charge in [-0.2, -0.15) is 0 Å². The molecule has 0 radical (unpaired) electrons. The molecule has 1 saturated heterocycles. The molecule has 1 aliphatic heterocycles. The highest BCUT2D eigenvalue weighted by Crippen LogP contribution is 2.18. The molecule has 1 saturated carbocycles. The Balaban J connectivity index is 1.63. The van der Waals surface area contributed by atoms with E-state index in [0.29, 0.717) is 39.3 Å². The summed E-state index contributed by atoms with van der Waals surface area (Å²) in [7, 11) is 0. The Hall–Kier alpha value is -0.650. The molecule has 0 bridgehead atoms. The largest absolute Gasteiger partial charge is 0.392 e. The van der Waals surface area contributed by atoms with Crippen LogP contribution in [-0.4, -0.2) is 60.9 Å². The van der Waals surface area contributed by atoms with Crippen LogP contribution in [0.3, 0.4) is 0 Å². The Kier molecular flexibility index (Phi) is 5.41. The third kappa shape index (κ3) is 3.93. The predicted octanol–water partition coefficient (Wildman–Crippen LogP) is 0.128. The molecule has 1 aliphatic carbocycles. The Morgan fingerprint density at radius 1 is 1.28 bits per heavy atom. The van der Waals surface area contributed by atoms with E-state index in [-0.39, 0.29) is 18.1 Å². The van der Waals surface area contributed by atoms with Crippen LogP contribution in [0.15, 0.2) is 0 Å². The summed E-state index contributed by atoms with van der Waals surface area (Å²) in [6, 6.07) is 0.177. The van der Waals surface area contributed by atoms with Gasteiger partial charge >= 0.3 is 0 Å². The maximum atomic E-state index is 11.9. The standard InChI is InChI=1S/C13H24N2O3/c16-12-4-2-1-3-11(12)14-6-5-13(17)15-7-9-18-10-8-15/h11-12,14,16H,1-10H2/t11-,12-/m0/s1. The Labute approximate surface area is 108 Å². The number of hydrogen-bond donors (Lipinski definition) is 2. The van der Waals surface area contributed by atoms with Crippen molar-refractivity contribution in [3.8, 4) is 0 Å². The van der Waals surface area contributed by atoms with Crippen LogP contribution in [0.2, 0.25) is 0 Å². The normalized spacial score (nSPS) is 29.3. The molecular weight excluding hydrogens is 232 g/mol. The van der Waals surface area contributed by atoms with Crippen LogP contribution >= 0.6 is 0 Å². The Morgan fingerprint density at radius 2 is 2.00 bits per heavy atom. The van der Waals surface area contributed by atoms with Gasteiger partial charge in [-0.3, -0.25) is 4.79 Å². The van der Waals surface area contributed by atoms with Crippen LogP contribution in [0.4, 0.5) is 0 Å². The monoisotopic (exact) mass is 256 g/mol. The first kappa shape index (κ1) is 13.8. The van der Waals surface area contributed by atoms with Gasteiger partial charge in [-0.1, -0.05) is 12.8 Å². The topological polar surface area (TPSA) is 61.8 Å². The fourth-order valence-corrected chi connectivity index (χ4v) is 2.68. The summed E-state index contributed by atoms with van der Waals surface area (Å²) in [5, 5.41) is 13.1. The highest BCUT2D eigenvalue weighted by Gasteiger charge is 2.23. The lowest BCUT2D eigenvalue weighted by Gasteiger charge is -2.29. The SMILES string of the molecule is O=C(CCN[C@H]1CCCC[C@@H]1O)N1CCOCC1. The Bertz CT molecular complexity index is 267. The Morgan fingerprint density at radius 3 is 2.72 bits per heavy atom. The number of aliphatic hydroxyl groups excluding tert-OH is 1. The molecule has 1 heterocycles. The average molecular weight is 256 g/mol. The minimum Gasteiger partial charge on any atom is -0.392 e. The van der Waals surface area contributed by atoms with E-state index in [4.69, 9.17) is 4.74 Å². The van der Waals surface area contributed by atoms with E-state index in [1.807, 2.05) is 4.90 Å². The van der Waals surface area contributed by atoms with Gasteiger partial charge in [0, 0.05) is 32.1 Å². The van der Waals surface area contributed by atoms with E-state index in [0.717, 1.165) is 19.3 Å². The molecule has 0 unspecified atom stereocenters. The molecule has 2 N–H and O–H groups in total. The van der Waals surface area contributed by atoms with Gasteiger partial charge in [-0.25, -0.2) is 0 Å². The summed E-state index contributed by atoms with van der Waals surface area (Å²) < 4.78 is 5.22. The van der Waals surface area contributed by atoms with Crippen molar-refractivity contribution in [2.45, 2.75) is 44.2 Å². The highest BCUT2D eigenvalue weighted by molar-refractivity contribution is 5.76. The van der Waals surface area contributed by atoms with Gasteiger partial charge in [0.05, 0.1) is 19.3 Å². The van der Waals surface area contributed by atoms with Gasteiger partial charge in [-0.15, -0.1) is 0 Å². The molecular formula is C13H24N2O3. The smallest absolute Gasteiger partial charge is 0.224 e. The molecule has 104 valence electrons. The number of aliphatic hydroxyl groups is 1. The molecule has 5 nitrogen and oxygen atoms in total. The predicted molar refractivity (Wildman–Crippen MR) is 68.3 cm³/mol. The summed E-state index contributed by atoms with van der Waals surface area (Å²) >= 11 is 0. The third-order valence-corrected chi connectivity index (χ3v) is 3.84. The number of rotatable bonds is 4. The fourth-order valence-electron chi connectivity index (χ4n) is 2.68. The van der Waals surface area contributed by atoms with Crippen LogP contribution in [0, 0.1) is 0 Å². The number of morpholine rings is 1. The van der Waals surface area contributed by atoms with Gasteiger partial charge in [-0.05, 0) is 12.8 Å². The van der Waals surface area contributed by atoms with Crippen LogP contribution in [-0.2, 0) is 9.53 Å². The fraction of sp³-hybridized carbons (Fsp3) is 0.923. The lowest BCUT2D eigenvalue weighted by atomic mass is 9.92. The molecule has 0 spiro atoms. The van der Waals surface area contributed by atoms with Crippen molar-refractivity contribution in [1.29, 1.82) is 0 Å². The van der Waals surface area contributed by atoms with Crippen molar-refractivity contribution < 1.29 is 14.6 Å². The van der Waals surface area contributed by atoms with E-state index in [1.165, 1.54) is 6.42 Å². The van der Waals surface area contributed by atoms with Crippen molar-refractivity contribution in [2.75, 3.05) is 32.8 Å². The molecule has 2 aliphatic rings. The average Bonchev–Trinajstić information content (AvgIpc) is 2.42. The molecule has 2 rings (SSSR count). The summed E-state index contributed by atoms with van der Waals surface area (Å²) in [6.45, 7) is 3.40. The summed E-state index contributed by atoms with van der Waals surface area (Å²) in [5.74, 6) is 0.191. The number of carbonyl (C=O) groups is 1. The number of nitrogens with zero attached hydrogens (tertiary/aromatic N) is 1. The highest BCUT2D eigenvalue weighted by atomic mass is 16.5. The van der Waals surface area contributed by atoms with Gasteiger partial charge in [0.25, 0.3) is 0 Å². The molecule has 0 aromatic rings. The van der Waals surface area contributed by atoms with Crippen LogP contribution in [0.25, 0.3) is 0 Å². The van der Waals surface area contributed by atoms with Gasteiger partial charge in [0.15, 0.2) is 0 Å². The van der Waals surface area contributed by atoms with E-state index in [2.05, 4.69) is 5.32 Å². The van der Waals surface area contributed by atoms with Crippen molar-refractivity contribution >= 4 is 5.91 Å². The van der Waals surface area contributed by atoms with Crippen LogP contribution < -0.4 is 5.32 Å². The molecule has 2 atom stereocenters. The van der Waals surface area contributed by atoms with Crippen LogP contribution in [0.5, 0.6) is 0 Å². The second-order valence-corrected chi connectivity index (χ2v) is 5.16. The number of carbonyl (C=O) groups excluding carboxylic acids is 1. The minimum atomic E-state index is -0.239. The summed E-state index contributed by atoms with van der Waals surface area (Å²) in [4.78, 5) is 13.8. The zero-order valence-corrected chi connectivity index (χ0v) is 10.9. The first-order valence-electron chi connectivity index (χ1n) is 7.04. The third-order valence-electron chi connectivity index (χ3n) is 3.84. The maximum Gasteiger partial charge on any atom is 0.224 e. The number of hydrogen-bond acceptors (Lipinski definition) is 4. The summed E-state index contributed by atoms with van der Waals surface area (Å²) in [6.07, 6.45) is 4.47. The first-order chi connectivity index (χ1) is 8.77. The molecule has 0 aromatic carbocycles. The summed E-state index contributed by atoms with van der Waals surface area (Å²) in [5.41, 5.74) is 0. The molecule has 0 aromatic heterocycles. The number of nitrogens with one attached hydrogen (secondary N) is 1.